The molecule has 1 aromatic carbocycles. The number of carbonyl (C=O) groups excluding carboxylic acids is 1. The molecule has 3 rings (SSSR count). The summed E-state index contributed by atoms with van der Waals surface area (Å²) in [7, 11) is 0. The predicted molar refractivity (Wildman–Crippen MR) is 69.7 cm³/mol. The number of benzene rings is 1. The van der Waals surface area contributed by atoms with Crippen LogP contribution in [-0.4, -0.2) is 29.1 Å². The molecule has 18 heavy (non-hydrogen) atoms. The van der Waals surface area contributed by atoms with Gasteiger partial charge in [-0.25, -0.2) is 4.79 Å². The second-order valence-corrected chi connectivity index (χ2v) is 4.27. The first kappa shape index (κ1) is 10.9. The standard InChI is InChI=1S/C14H14N2O2/c17-14(16-8-4-1-5-9-16)18-13-10-15-12-7-3-2-6-11(12)13/h1-4,6-7,10,15H,5,8-9H2. The monoisotopic (exact) mass is 242 g/mol. The molecule has 0 radical (unpaired) electrons. The van der Waals surface area contributed by atoms with E-state index in [0.717, 1.165) is 23.9 Å². The van der Waals surface area contributed by atoms with Gasteiger partial charge in [0.05, 0.1) is 0 Å². The SMILES string of the molecule is O=C(Oc1c[nH]c2ccccc12)N1CC=CCC1. The molecule has 2 heterocycles. The van der Waals surface area contributed by atoms with E-state index < -0.39 is 0 Å². The van der Waals surface area contributed by atoms with Crippen molar-refractivity contribution in [1.29, 1.82) is 0 Å². The number of carbonyl (C=O) groups is 1. The highest BCUT2D eigenvalue weighted by atomic mass is 16.6. The Bertz CT molecular complexity index is 601. The smallest absolute Gasteiger partial charge is 0.408 e. The van der Waals surface area contributed by atoms with Gasteiger partial charge >= 0.3 is 6.09 Å². The molecule has 0 atom stereocenters. The quantitative estimate of drug-likeness (QED) is 0.781. The third-order valence-corrected chi connectivity index (χ3v) is 3.06. The fourth-order valence-electron chi connectivity index (χ4n) is 2.10. The zero-order valence-corrected chi connectivity index (χ0v) is 9.93. The summed E-state index contributed by atoms with van der Waals surface area (Å²) in [6, 6.07) is 7.76. The molecular weight excluding hydrogens is 228 g/mol. The molecule has 0 bridgehead atoms. The summed E-state index contributed by atoms with van der Waals surface area (Å²) in [5.74, 6) is 0.588. The fraction of sp³-hybridized carbons (Fsp3) is 0.214. The van der Waals surface area contributed by atoms with Crippen LogP contribution < -0.4 is 4.74 Å². The van der Waals surface area contributed by atoms with Crippen molar-refractivity contribution in [2.45, 2.75) is 6.42 Å². The molecule has 1 amide bonds. The van der Waals surface area contributed by atoms with Gasteiger partial charge in [0, 0.05) is 30.2 Å². The molecule has 0 spiro atoms. The zero-order valence-electron chi connectivity index (χ0n) is 9.93. The van der Waals surface area contributed by atoms with Crippen molar-refractivity contribution in [1.82, 2.24) is 9.88 Å². The van der Waals surface area contributed by atoms with E-state index in [4.69, 9.17) is 4.74 Å². The van der Waals surface area contributed by atoms with Gasteiger partial charge in [-0.3, -0.25) is 0 Å². The second-order valence-electron chi connectivity index (χ2n) is 4.27. The van der Waals surface area contributed by atoms with Gasteiger partial charge in [-0.2, -0.15) is 0 Å². The summed E-state index contributed by atoms with van der Waals surface area (Å²) in [6.07, 6.45) is 6.39. The van der Waals surface area contributed by atoms with Crippen LogP contribution in [0.3, 0.4) is 0 Å². The summed E-state index contributed by atoms with van der Waals surface area (Å²) in [6.45, 7) is 1.35. The Hall–Kier alpha value is -2.23. The third-order valence-electron chi connectivity index (χ3n) is 3.06. The topological polar surface area (TPSA) is 45.3 Å². The average Bonchev–Trinajstić information content (AvgIpc) is 2.83. The van der Waals surface area contributed by atoms with Crippen LogP contribution in [0.4, 0.5) is 4.79 Å². The van der Waals surface area contributed by atoms with Crippen LogP contribution in [0, 0.1) is 0 Å². The maximum Gasteiger partial charge on any atom is 0.415 e. The number of aromatic nitrogens is 1. The van der Waals surface area contributed by atoms with Gasteiger partial charge in [-0.05, 0) is 18.6 Å². The molecule has 1 N–H and O–H groups in total. The number of H-pyrrole nitrogens is 1. The minimum absolute atomic E-state index is 0.288. The number of para-hydroxylation sites is 1. The van der Waals surface area contributed by atoms with Crippen molar-refractivity contribution in [3.8, 4) is 5.75 Å². The van der Waals surface area contributed by atoms with Gasteiger partial charge in [-0.1, -0.05) is 24.3 Å². The summed E-state index contributed by atoms with van der Waals surface area (Å²) < 4.78 is 5.43. The molecule has 1 aliphatic rings. The van der Waals surface area contributed by atoms with Crippen LogP contribution in [0.15, 0.2) is 42.6 Å². The van der Waals surface area contributed by atoms with Crippen LogP contribution in [0.5, 0.6) is 5.75 Å². The Morgan fingerprint density at radius 1 is 1.28 bits per heavy atom. The van der Waals surface area contributed by atoms with E-state index >= 15 is 0 Å². The molecule has 1 aliphatic heterocycles. The zero-order chi connectivity index (χ0) is 12.4. The maximum atomic E-state index is 12.0. The molecule has 4 heteroatoms. The minimum atomic E-state index is -0.288. The first-order chi connectivity index (χ1) is 8.84. The molecule has 0 fully saturated rings. The van der Waals surface area contributed by atoms with Gasteiger partial charge in [-0.15, -0.1) is 0 Å². The molecule has 4 nitrogen and oxygen atoms in total. The van der Waals surface area contributed by atoms with Crippen molar-refractivity contribution in [3.05, 3.63) is 42.6 Å². The van der Waals surface area contributed by atoms with E-state index in [2.05, 4.69) is 11.1 Å². The van der Waals surface area contributed by atoms with Crippen LogP contribution >= 0.6 is 0 Å². The van der Waals surface area contributed by atoms with Crippen molar-refractivity contribution in [2.75, 3.05) is 13.1 Å². The lowest BCUT2D eigenvalue weighted by molar-refractivity contribution is 0.157. The summed E-state index contributed by atoms with van der Waals surface area (Å²) in [5.41, 5.74) is 0.971. The molecular formula is C14H14N2O2. The van der Waals surface area contributed by atoms with E-state index in [1.54, 1.807) is 11.1 Å². The number of nitrogens with zero attached hydrogens (tertiary/aromatic N) is 1. The number of fused-ring (bicyclic) bond motifs is 1. The number of hydrogen-bond donors (Lipinski definition) is 1. The fourth-order valence-corrected chi connectivity index (χ4v) is 2.10. The number of rotatable bonds is 1. The highest BCUT2D eigenvalue weighted by molar-refractivity contribution is 5.88. The summed E-state index contributed by atoms with van der Waals surface area (Å²) >= 11 is 0. The molecule has 0 saturated heterocycles. The Kier molecular flexibility index (Phi) is 2.76. The van der Waals surface area contributed by atoms with Gasteiger partial charge in [0.15, 0.2) is 5.75 Å². The third kappa shape index (κ3) is 1.97. The largest absolute Gasteiger partial charge is 0.415 e. The van der Waals surface area contributed by atoms with Gasteiger partial charge in [0.1, 0.15) is 0 Å². The first-order valence-electron chi connectivity index (χ1n) is 6.02. The highest BCUT2D eigenvalue weighted by Crippen LogP contribution is 2.25. The number of ether oxygens (including phenoxy) is 1. The van der Waals surface area contributed by atoms with E-state index in [0.29, 0.717) is 12.3 Å². The summed E-state index contributed by atoms with van der Waals surface area (Å²) in [5, 5.41) is 0.929. The lowest BCUT2D eigenvalue weighted by Gasteiger charge is -2.22. The Morgan fingerprint density at radius 3 is 3.00 bits per heavy atom. The second kappa shape index (κ2) is 4.56. The van der Waals surface area contributed by atoms with Crippen LogP contribution in [-0.2, 0) is 0 Å². The highest BCUT2D eigenvalue weighted by Gasteiger charge is 2.17. The van der Waals surface area contributed by atoms with Crippen LogP contribution in [0.2, 0.25) is 0 Å². The number of amides is 1. The minimum Gasteiger partial charge on any atom is -0.408 e. The van der Waals surface area contributed by atoms with Gasteiger partial charge in [0.25, 0.3) is 0 Å². The van der Waals surface area contributed by atoms with E-state index in [1.165, 1.54) is 0 Å². The van der Waals surface area contributed by atoms with Crippen molar-refractivity contribution < 1.29 is 9.53 Å². The van der Waals surface area contributed by atoms with E-state index in [-0.39, 0.29) is 6.09 Å². The van der Waals surface area contributed by atoms with Crippen LogP contribution in [0.25, 0.3) is 10.9 Å². The normalized spacial score (nSPS) is 15.0. The van der Waals surface area contributed by atoms with Gasteiger partial charge in [0.2, 0.25) is 0 Å². The molecule has 2 aromatic rings. The molecule has 1 aromatic heterocycles. The maximum absolute atomic E-state index is 12.0. The summed E-state index contributed by atoms with van der Waals surface area (Å²) in [4.78, 5) is 16.7. The Balaban J connectivity index is 1.79. The number of hydrogen-bond acceptors (Lipinski definition) is 2. The van der Waals surface area contributed by atoms with Gasteiger partial charge < -0.3 is 14.6 Å². The number of nitrogens with one attached hydrogen (secondary N) is 1. The van der Waals surface area contributed by atoms with Crippen molar-refractivity contribution in [2.24, 2.45) is 0 Å². The Labute approximate surface area is 105 Å². The number of aromatic amines is 1. The molecule has 0 unspecified atom stereocenters. The van der Waals surface area contributed by atoms with Crippen molar-refractivity contribution >= 4 is 17.0 Å². The average molecular weight is 242 g/mol. The van der Waals surface area contributed by atoms with E-state index in [9.17, 15) is 4.79 Å². The molecule has 0 saturated carbocycles. The predicted octanol–water partition coefficient (Wildman–Crippen LogP) is 2.93. The Morgan fingerprint density at radius 2 is 2.17 bits per heavy atom. The van der Waals surface area contributed by atoms with E-state index in [1.807, 2.05) is 30.3 Å². The lowest BCUT2D eigenvalue weighted by atomic mass is 10.2. The molecule has 92 valence electrons. The lowest BCUT2D eigenvalue weighted by Crippen LogP contribution is -2.35. The molecule has 0 aliphatic carbocycles. The first-order valence-corrected chi connectivity index (χ1v) is 6.02. The van der Waals surface area contributed by atoms with Crippen LogP contribution in [0.1, 0.15) is 6.42 Å². The van der Waals surface area contributed by atoms with Crippen molar-refractivity contribution in [3.63, 3.8) is 0 Å².